The lowest BCUT2D eigenvalue weighted by molar-refractivity contribution is 0.0617. The van der Waals surface area contributed by atoms with Gasteiger partial charge in [0, 0.05) is 24.7 Å². The van der Waals surface area contributed by atoms with Crippen molar-refractivity contribution in [3.8, 4) is 11.3 Å². The second-order valence-corrected chi connectivity index (χ2v) is 5.92. The molecule has 1 saturated heterocycles. The van der Waals surface area contributed by atoms with E-state index >= 15 is 0 Å². The summed E-state index contributed by atoms with van der Waals surface area (Å²) in [5, 5.41) is 7.16. The number of piperidine rings is 1. The first-order chi connectivity index (χ1) is 10.7. The van der Waals surface area contributed by atoms with Crippen LogP contribution in [0.3, 0.4) is 0 Å². The first-order valence-corrected chi connectivity index (χ1v) is 7.82. The third-order valence-electron chi connectivity index (χ3n) is 4.32. The molecule has 0 saturated carbocycles. The number of aryl methyl sites for hydroxylation is 1. The number of rotatable bonds is 3. The molecule has 0 bridgehead atoms. The molecule has 5 nitrogen and oxygen atoms in total. The highest BCUT2D eigenvalue weighted by Gasteiger charge is 2.27. The van der Waals surface area contributed by atoms with Crippen LogP contribution in [0.25, 0.3) is 11.3 Å². The number of carbonyl (C=O) groups is 1. The highest BCUT2D eigenvalue weighted by molar-refractivity contribution is 5.93. The van der Waals surface area contributed by atoms with E-state index in [0.29, 0.717) is 12.2 Å². The molecule has 0 radical (unpaired) electrons. The number of hydrogen-bond donors (Lipinski definition) is 2. The van der Waals surface area contributed by atoms with Crippen LogP contribution < -0.4 is 5.73 Å². The molecule has 1 atom stereocenters. The summed E-state index contributed by atoms with van der Waals surface area (Å²) in [6, 6.07) is 10.1. The highest BCUT2D eigenvalue weighted by atomic mass is 35.5. The average molecular weight is 335 g/mol. The number of likely N-dealkylation sites (tertiary alicyclic amines) is 1. The van der Waals surface area contributed by atoms with Crippen molar-refractivity contribution in [2.75, 3.05) is 13.1 Å². The van der Waals surface area contributed by atoms with Crippen LogP contribution in [-0.2, 0) is 0 Å². The first-order valence-electron chi connectivity index (χ1n) is 7.82. The van der Waals surface area contributed by atoms with Crippen molar-refractivity contribution in [2.45, 2.75) is 32.2 Å². The minimum Gasteiger partial charge on any atom is -0.333 e. The van der Waals surface area contributed by atoms with Crippen molar-refractivity contribution in [3.05, 3.63) is 41.6 Å². The summed E-state index contributed by atoms with van der Waals surface area (Å²) in [4.78, 5) is 14.6. The normalized spacial score (nSPS) is 17.7. The molecule has 3 rings (SSSR count). The smallest absolute Gasteiger partial charge is 0.272 e. The predicted octanol–water partition coefficient (Wildman–Crippen LogP) is 2.76. The van der Waals surface area contributed by atoms with Gasteiger partial charge in [0.25, 0.3) is 5.91 Å². The zero-order valence-corrected chi connectivity index (χ0v) is 14.1. The highest BCUT2D eigenvalue weighted by Crippen LogP contribution is 2.22. The van der Waals surface area contributed by atoms with E-state index in [0.717, 1.165) is 37.1 Å². The molecule has 6 heteroatoms. The molecule has 1 unspecified atom stereocenters. The third-order valence-corrected chi connectivity index (χ3v) is 4.32. The molecule has 23 heavy (non-hydrogen) atoms. The zero-order valence-electron chi connectivity index (χ0n) is 13.3. The molecule has 1 aliphatic heterocycles. The maximum absolute atomic E-state index is 12.7. The fraction of sp³-hybridized carbons (Fsp3) is 0.412. The maximum Gasteiger partial charge on any atom is 0.272 e. The zero-order chi connectivity index (χ0) is 15.5. The van der Waals surface area contributed by atoms with Crippen molar-refractivity contribution < 1.29 is 4.79 Å². The topological polar surface area (TPSA) is 75.0 Å². The standard InChI is InChI=1S/C17H22N4O.ClH/c1-12-5-7-13(8-6-12)15-10-16(20-19-15)17(22)21-9-3-2-4-14(21)11-18;/h5-8,10,14H,2-4,9,11,18H2,1H3,(H,19,20);1H. The van der Waals surface area contributed by atoms with Gasteiger partial charge in [-0.2, -0.15) is 5.10 Å². The number of aromatic amines is 1. The van der Waals surface area contributed by atoms with Gasteiger partial charge in [0.1, 0.15) is 5.69 Å². The van der Waals surface area contributed by atoms with Gasteiger partial charge in [0.05, 0.1) is 5.69 Å². The molecule has 2 heterocycles. The van der Waals surface area contributed by atoms with Crippen LogP contribution in [0.2, 0.25) is 0 Å². The molecule has 1 amide bonds. The van der Waals surface area contributed by atoms with Gasteiger partial charge in [-0.15, -0.1) is 12.4 Å². The summed E-state index contributed by atoms with van der Waals surface area (Å²) >= 11 is 0. The Kier molecular flexibility index (Phi) is 5.80. The fourth-order valence-corrected chi connectivity index (χ4v) is 2.97. The number of amides is 1. The molecule has 124 valence electrons. The molecule has 1 aromatic carbocycles. The predicted molar refractivity (Wildman–Crippen MR) is 93.7 cm³/mol. The summed E-state index contributed by atoms with van der Waals surface area (Å²) in [6.07, 6.45) is 3.17. The minimum absolute atomic E-state index is 0. The van der Waals surface area contributed by atoms with E-state index < -0.39 is 0 Å². The summed E-state index contributed by atoms with van der Waals surface area (Å²) in [7, 11) is 0. The summed E-state index contributed by atoms with van der Waals surface area (Å²) in [5.41, 5.74) is 9.35. The Morgan fingerprint density at radius 2 is 2.09 bits per heavy atom. The van der Waals surface area contributed by atoms with Crippen LogP contribution in [0, 0.1) is 6.92 Å². The number of carbonyl (C=O) groups excluding carboxylic acids is 1. The van der Waals surface area contributed by atoms with E-state index in [1.807, 2.05) is 42.2 Å². The van der Waals surface area contributed by atoms with Gasteiger partial charge in [-0.3, -0.25) is 9.89 Å². The van der Waals surface area contributed by atoms with Crippen molar-refractivity contribution in [3.63, 3.8) is 0 Å². The SMILES string of the molecule is Cc1ccc(-c2cc(C(=O)N3CCCCC3CN)[nH]n2)cc1.Cl. The number of nitrogens with zero attached hydrogens (tertiary/aromatic N) is 2. The van der Waals surface area contributed by atoms with Gasteiger partial charge in [-0.05, 0) is 32.3 Å². The lowest BCUT2D eigenvalue weighted by atomic mass is 10.0. The number of H-pyrrole nitrogens is 1. The Labute approximate surface area is 142 Å². The van der Waals surface area contributed by atoms with Crippen LogP contribution in [0.1, 0.15) is 35.3 Å². The number of nitrogens with one attached hydrogen (secondary N) is 1. The van der Waals surface area contributed by atoms with Crippen molar-refractivity contribution in [1.82, 2.24) is 15.1 Å². The number of nitrogens with two attached hydrogens (primary N) is 1. The Bertz CT molecular complexity index is 653. The average Bonchev–Trinajstić information content (AvgIpc) is 3.05. The van der Waals surface area contributed by atoms with Gasteiger partial charge < -0.3 is 10.6 Å². The molecular weight excluding hydrogens is 312 g/mol. The molecular formula is C17H23ClN4O. The van der Waals surface area contributed by atoms with E-state index in [9.17, 15) is 4.79 Å². The minimum atomic E-state index is 0. The van der Waals surface area contributed by atoms with Gasteiger partial charge >= 0.3 is 0 Å². The van der Waals surface area contributed by atoms with Gasteiger partial charge in [-0.25, -0.2) is 0 Å². The van der Waals surface area contributed by atoms with Crippen molar-refractivity contribution in [2.24, 2.45) is 5.73 Å². The molecule has 2 aromatic rings. The molecule has 3 N–H and O–H groups in total. The quantitative estimate of drug-likeness (QED) is 0.906. The Morgan fingerprint density at radius 3 is 2.78 bits per heavy atom. The maximum atomic E-state index is 12.7. The van der Waals surface area contributed by atoms with E-state index in [1.54, 1.807) is 0 Å². The van der Waals surface area contributed by atoms with Gasteiger partial charge in [0.2, 0.25) is 0 Å². The Hall–Kier alpha value is -1.85. The molecule has 0 aliphatic carbocycles. The number of halogens is 1. The van der Waals surface area contributed by atoms with Gasteiger partial charge in [0.15, 0.2) is 0 Å². The van der Waals surface area contributed by atoms with Crippen molar-refractivity contribution >= 4 is 18.3 Å². The summed E-state index contributed by atoms with van der Waals surface area (Å²) < 4.78 is 0. The molecule has 1 aromatic heterocycles. The molecule has 0 spiro atoms. The Morgan fingerprint density at radius 1 is 1.35 bits per heavy atom. The van der Waals surface area contributed by atoms with Crippen LogP contribution in [-0.4, -0.2) is 40.1 Å². The lowest BCUT2D eigenvalue weighted by Gasteiger charge is -2.34. The van der Waals surface area contributed by atoms with E-state index in [4.69, 9.17) is 5.73 Å². The second kappa shape index (κ2) is 7.62. The Balaban J connectivity index is 0.00000192. The van der Waals surface area contributed by atoms with E-state index in [-0.39, 0.29) is 24.4 Å². The van der Waals surface area contributed by atoms with Crippen LogP contribution in [0.4, 0.5) is 0 Å². The monoisotopic (exact) mass is 334 g/mol. The number of aromatic nitrogens is 2. The van der Waals surface area contributed by atoms with Crippen LogP contribution in [0.5, 0.6) is 0 Å². The van der Waals surface area contributed by atoms with Crippen molar-refractivity contribution in [1.29, 1.82) is 0 Å². The molecule has 1 aliphatic rings. The fourth-order valence-electron chi connectivity index (χ4n) is 2.97. The largest absolute Gasteiger partial charge is 0.333 e. The van der Waals surface area contributed by atoms with E-state index in [2.05, 4.69) is 10.2 Å². The van der Waals surface area contributed by atoms with Crippen LogP contribution in [0.15, 0.2) is 30.3 Å². The number of hydrogen-bond acceptors (Lipinski definition) is 3. The molecule has 1 fully saturated rings. The summed E-state index contributed by atoms with van der Waals surface area (Å²) in [5.74, 6) is 0.000937. The summed E-state index contributed by atoms with van der Waals surface area (Å²) in [6.45, 7) is 3.34. The van der Waals surface area contributed by atoms with Crippen LogP contribution >= 0.6 is 12.4 Å². The second-order valence-electron chi connectivity index (χ2n) is 5.92. The lowest BCUT2D eigenvalue weighted by Crippen LogP contribution is -2.47. The first kappa shape index (κ1) is 17.5. The van der Waals surface area contributed by atoms with E-state index in [1.165, 1.54) is 5.56 Å². The number of benzene rings is 1. The third kappa shape index (κ3) is 3.74. The van der Waals surface area contributed by atoms with Gasteiger partial charge in [-0.1, -0.05) is 29.8 Å².